The quantitative estimate of drug-likeness (QED) is 0.799. The average Bonchev–Trinajstić information content (AvgIpc) is 2.33. The molecular formula is C12H18FN3. The molecule has 1 heterocycles. The third-order valence-electron chi connectivity index (χ3n) is 2.85. The number of piperazine rings is 1. The number of anilines is 1. The lowest BCUT2D eigenvalue weighted by molar-refractivity contribution is 0.565. The molecule has 4 heteroatoms. The smallest absolute Gasteiger partial charge is 0.146 e. The van der Waals surface area contributed by atoms with Crippen molar-refractivity contribution in [3.8, 4) is 0 Å². The Morgan fingerprint density at radius 1 is 1.38 bits per heavy atom. The summed E-state index contributed by atoms with van der Waals surface area (Å²) in [5, 5.41) is 6.35. The van der Waals surface area contributed by atoms with Crippen LogP contribution in [0.3, 0.4) is 0 Å². The summed E-state index contributed by atoms with van der Waals surface area (Å²) in [4.78, 5) is 2.10. The highest BCUT2D eigenvalue weighted by atomic mass is 19.1. The molecular weight excluding hydrogens is 205 g/mol. The number of nitrogens with one attached hydrogen (secondary N) is 2. The second-order valence-electron chi connectivity index (χ2n) is 4.05. The van der Waals surface area contributed by atoms with Crippen molar-refractivity contribution in [2.75, 3.05) is 38.1 Å². The summed E-state index contributed by atoms with van der Waals surface area (Å²) in [5.41, 5.74) is 1.85. The average molecular weight is 223 g/mol. The van der Waals surface area contributed by atoms with Crippen molar-refractivity contribution in [2.45, 2.75) is 6.54 Å². The number of hydrogen-bond acceptors (Lipinski definition) is 3. The molecule has 2 N–H and O–H groups in total. The predicted octanol–water partition coefficient (Wildman–Crippen LogP) is 0.955. The Morgan fingerprint density at radius 2 is 2.12 bits per heavy atom. The zero-order chi connectivity index (χ0) is 11.4. The van der Waals surface area contributed by atoms with E-state index in [9.17, 15) is 4.39 Å². The summed E-state index contributed by atoms with van der Waals surface area (Å²) in [6.07, 6.45) is 0. The van der Waals surface area contributed by atoms with Gasteiger partial charge in [0.05, 0.1) is 5.69 Å². The fraction of sp³-hybridized carbons (Fsp3) is 0.500. The van der Waals surface area contributed by atoms with Gasteiger partial charge in [0.15, 0.2) is 0 Å². The molecule has 1 aromatic carbocycles. The Bertz CT molecular complexity index is 348. The van der Waals surface area contributed by atoms with Crippen LogP contribution in [0.15, 0.2) is 18.2 Å². The van der Waals surface area contributed by atoms with E-state index < -0.39 is 0 Å². The fourth-order valence-corrected chi connectivity index (χ4v) is 2.02. The van der Waals surface area contributed by atoms with Crippen LogP contribution in [-0.4, -0.2) is 33.2 Å². The highest BCUT2D eigenvalue weighted by Gasteiger charge is 2.14. The minimum Gasteiger partial charge on any atom is -0.367 e. The van der Waals surface area contributed by atoms with Crippen LogP contribution in [0.5, 0.6) is 0 Å². The molecule has 0 aliphatic carbocycles. The molecule has 0 aromatic heterocycles. The minimum absolute atomic E-state index is 0.123. The first-order valence-corrected chi connectivity index (χ1v) is 5.70. The molecule has 0 unspecified atom stereocenters. The molecule has 16 heavy (non-hydrogen) atoms. The van der Waals surface area contributed by atoms with Gasteiger partial charge in [-0.15, -0.1) is 0 Å². The molecule has 2 rings (SSSR count). The monoisotopic (exact) mass is 223 g/mol. The lowest BCUT2D eigenvalue weighted by atomic mass is 10.1. The van der Waals surface area contributed by atoms with Crippen LogP contribution in [-0.2, 0) is 6.54 Å². The van der Waals surface area contributed by atoms with Crippen molar-refractivity contribution in [2.24, 2.45) is 0 Å². The molecule has 1 fully saturated rings. The van der Waals surface area contributed by atoms with Crippen molar-refractivity contribution >= 4 is 5.69 Å². The number of benzene rings is 1. The van der Waals surface area contributed by atoms with E-state index in [0.717, 1.165) is 44.0 Å². The van der Waals surface area contributed by atoms with Crippen LogP contribution in [0.25, 0.3) is 0 Å². The van der Waals surface area contributed by atoms with Crippen LogP contribution >= 0.6 is 0 Å². The zero-order valence-electron chi connectivity index (χ0n) is 9.59. The Kier molecular flexibility index (Phi) is 3.74. The molecule has 0 saturated carbocycles. The first kappa shape index (κ1) is 11.4. The standard InChI is InChI=1S/C12H18FN3/c1-14-9-10-2-3-11(13)12(8-10)16-6-4-15-5-7-16/h2-3,8,14-15H,4-7,9H2,1H3. The van der Waals surface area contributed by atoms with E-state index in [1.807, 2.05) is 19.2 Å². The van der Waals surface area contributed by atoms with Gasteiger partial charge in [-0.25, -0.2) is 4.39 Å². The van der Waals surface area contributed by atoms with Crippen molar-refractivity contribution in [1.29, 1.82) is 0 Å². The summed E-state index contributed by atoms with van der Waals surface area (Å²) in [5.74, 6) is -0.123. The van der Waals surface area contributed by atoms with E-state index in [0.29, 0.717) is 0 Å². The van der Waals surface area contributed by atoms with Gasteiger partial charge in [0, 0.05) is 32.7 Å². The third-order valence-corrected chi connectivity index (χ3v) is 2.85. The lowest BCUT2D eigenvalue weighted by Crippen LogP contribution is -2.43. The molecule has 1 aromatic rings. The van der Waals surface area contributed by atoms with Crippen LogP contribution < -0.4 is 15.5 Å². The number of hydrogen-bond donors (Lipinski definition) is 2. The Balaban J connectivity index is 2.19. The molecule has 0 bridgehead atoms. The molecule has 1 saturated heterocycles. The molecule has 1 aliphatic rings. The van der Waals surface area contributed by atoms with Gasteiger partial charge in [-0.3, -0.25) is 0 Å². The van der Waals surface area contributed by atoms with Gasteiger partial charge >= 0.3 is 0 Å². The zero-order valence-corrected chi connectivity index (χ0v) is 9.59. The van der Waals surface area contributed by atoms with Crippen LogP contribution in [0.4, 0.5) is 10.1 Å². The van der Waals surface area contributed by atoms with Gasteiger partial charge in [-0.2, -0.15) is 0 Å². The second kappa shape index (κ2) is 5.27. The third kappa shape index (κ3) is 2.51. The number of rotatable bonds is 3. The lowest BCUT2D eigenvalue weighted by Gasteiger charge is -2.30. The molecule has 1 aliphatic heterocycles. The van der Waals surface area contributed by atoms with Gasteiger partial charge in [-0.1, -0.05) is 6.07 Å². The summed E-state index contributed by atoms with van der Waals surface area (Å²) in [6, 6.07) is 5.33. The van der Waals surface area contributed by atoms with Gasteiger partial charge in [0.2, 0.25) is 0 Å². The predicted molar refractivity (Wildman–Crippen MR) is 64.2 cm³/mol. The minimum atomic E-state index is -0.123. The molecule has 88 valence electrons. The molecule has 0 amide bonds. The number of halogens is 1. The van der Waals surface area contributed by atoms with Crippen molar-refractivity contribution in [3.63, 3.8) is 0 Å². The van der Waals surface area contributed by atoms with Crippen LogP contribution in [0, 0.1) is 5.82 Å². The number of nitrogens with zero attached hydrogens (tertiary/aromatic N) is 1. The molecule has 0 spiro atoms. The maximum Gasteiger partial charge on any atom is 0.146 e. The van der Waals surface area contributed by atoms with E-state index >= 15 is 0 Å². The van der Waals surface area contributed by atoms with Crippen molar-refractivity contribution in [3.05, 3.63) is 29.6 Å². The maximum atomic E-state index is 13.7. The SMILES string of the molecule is CNCc1ccc(F)c(N2CCNCC2)c1. The van der Waals surface area contributed by atoms with E-state index in [4.69, 9.17) is 0 Å². The van der Waals surface area contributed by atoms with Crippen molar-refractivity contribution in [1.82, 2.24) is 10.6 Å². The summed E-state index contributed by atoms with van der Waals surface area (Å²) in [6.45, 7) is 4.38. The van der Waals surface area contributed by atoms with Crippen LogP contribution in [0.2, 0.25) is 0 Å². The summed E-state index contributed by atoms with van der Waals surface area (Å²) < 4.78 is 13.7. The topological polar surface area (TPSA) is 27.3 Å². The Hall–Kier alpha value is -1.13. The normalized spacial score (nSPS) is 16.5. The first-order valence-electron chi connectivity index (χ1n) is 5.70. The Labute approximate surface area is 95.6 Å². The van der Waals surface area contributed by atoms with E-state index in [1.165, 1.54) is 0 Å². The maximum absolute atomic E-state index is 13.7. The fourth-order valence-electron chi connectivity index (χ4n) is 2.02. The van der Waals surface area contributed by atoms with E-state index in [2.05, 4.69) is 15.5 Å². The van der Waals surface area contributed by atoms with Gasteiger partial charge in [-0.05, 0) is 24.7 Å². The van der Waals surface area contributed by atoms with Crippen molar-refractivity contribution < 1.29 is 4.39 Å². The Morgan fingerprint density at radius 3 is 2.81 bits per heavy atom. The molecule has 3 nitrogen and oxygen atoms in total. The summed E-state index contributed by atoms with van der Waals surface area (Å²) in [7, 11) is 1.90. The first-order chi connectivity index (χ1) is 7.81. The summed E-state index contributed by atoms with van der Waals surface area (Å²) >= 11 is 0. The van der Waals surface area contributed by atoms with Gasteiger partial charge < -0.3 is 15.5 Å². The van der Waals surface area contributed by atoms with Crippen LogP contribution in [0.1, 0.15) is 5.56 Å². The van der Waals surface area contributed by atoms with E-state index in [1.54, 1.807) is 6.07 Å². The van der Waals surface area contributed by atoms with E-state index in [-0.39, 0.29) is 5.82 Å². The highest BCUT2D eigenvalue weighted by Crippen LogP contribution is 2.21. The highest BCUT2D eigenvalue weighted by molar-refractivity contribution is 5.50. The molecule has 0 radical (unpaired) electrons. The van der Waals surface area contributed by atoms with Gasteiger partial charge in [0.1, 0.15) is 5.82 Å². The molecule has 0 atom stereocenters. The second-order valence-corrected chi connectivity index (χ2v) is 4.05. The largest absolute Gasteiger partial charge is 0.367 e. The van der Waals surface area contributed by atoms with Gasteiger partial charge in [0.25, 0.3) is 0 Å².